The summed E-state index contributed by atoms with van der Waals surface area (Å²) in [5.41, 5.74) is 33.6. The van der Waals surface area contributed by atoms with Gasteiger partial charge in [-0.3, -0.25) is 4.98 Å². The Kier molecular flexibility index (Phi) is 16.1. The summed E-state index contributed by atoms with van der Waals surface area (Å²) >= 11 is 0. The van der Waals surface area contributed by atoms with E-state index in [1.165, 1.54) is 60.7 Å². The highest BCUT2D eigenvalue weighted by Gasteiger charge is 2.29. The van der Waals surface area contributed by atoms with Gasteiger partial charge in [0.1, 0.15) is 0 Å². The van der Waals surface area contributed by atoms with Gasteiger partial charge in [0.25, 0.3) is 0 Å². The fraction of sp³-hybridized carbons (Fsp3) is 0. The molecule has 16 aromatic carbocycles. The molecule has 19 aromatic rings. The molecular weight excluding hydrogens is 1390 g/mol. The van der Waals surface area contributed by atoms with Crippen molar-refractivity contribution in [3.8, 4) is 214 Å². The van der Waals surface area contributed by atoms with Gasteiger partial charge in [0.15, 0.2) is 34.9 Å². The first-order valence-electron chi connectivity index (χ1n) is 38.0. The molecule has 0 N–H and O–H groups in total. The fourth-order valence-electron chi connectivity index (χ4n) is 16.6. The first-order chi connectivity index (χ1) is 56.4. The SMILES string of the molecule is N#Cc1ccc(-c2ccc3c4c(ccc(-c5ccc(-c6ccc(-c7nc(-c8ccccc8)nc(-c8ccc(-c9ccc(-c%10ccc%11c(c%10)-c%10ccc(-c%12ccc(-c%13nc(-c%14ccccc%14)nc(-c%14ccc(-c%15ccccn%15)cc%14)n%13)cc%12)c%12c(-c%13ccc(C#N)cc%13)ccc-%11c%10%12)cc9)cc8)n7)cc6)cc5)c24)-c2ccccc2-3)cc1. The molecule has 0 bridgehead atoms. The van der Waals surface area contributed by atoms with Crippen LogP contribution < -0.4 is 0 Å². The van der Waals surface area contributed by atoms with Crippen LogP contribution in [0, 0.1) is 22.7 Å². The molecule has 0 atom stereocenters. The third-order valence-electron chi connectivity index (χ3n) is 22.3. The van der Waals surface area contributed by atoms with Crippen molar-refractivity contribution in [3.05, 3.63) is 381 Å². The van der Waals surface area contributed by atoms with Crippen LogP contribution in [0.4, 0.5) is 0 Å². The van der Waals surface area contributed by atoms with E-state index in [1.807, 2.05) is 115 Å². The van der Waals surface area contributed by atoms with Crippen molar-refractivity contribution in [2.45, 2.75) is 0 Å². The maximum Gasteiger partial charge on any atom is 0.164 e. The number of nitriles is 2. The van der Waals surface area contributed by atoms with Gasteiger partial charge in [0.05, 0.1) is 29.0 Å². The van der Waals surface area contributed by atoms with E-state index in [1.54, 1.807) is 6.20 Å². The lowest BCUT2D eigenvalue weighted by Crippen LogP contribution is -2.00. The molecule has 526 valence electrons. The second-order valence-electron chi connectivity index (χ2n) is 28.9. The largest absolute Gasteiger partial charge is 0.256 e. The molecule has 3 aromatic heterocycles. The second-order valence-corrected chi connectivity index (χ2v) is 28.9. The minimum atomic E-state index is 0.577. The third kappa shape index (κ3) is 11.8. The zero-order valence-corrected chi connectivity index (χ0v) is 61.2. The highest BCUT2D eigenvalue weighted by atomic mass is 15.0. The van der Waals surface area contributed by atoms with Gasteiger partial charge in [0, 0.05) is 45.1 Å². The van der Waals surface area contributed by atoms with E-state index < -0.39 is 0 Å². The lowest BCUT2D eigenvalue weighted by atomic mass is 9.88. The van der Waals surface area contributed by atoms with Gasteiger partial charge in [-0.1, -0.05) is 322 Å². The van der Waals surface area contributed by atoms with Gasteiger partial charge in [-0.05, 0) is 186 Å². The second kappa shape index (κ2) is 27.7. The summed E-state index contributed by atoms with van der Waals surface area (Å²) in [5.74, 6) is 3.53. The van der Waals surface area contributed by atoms with Crippen molar-refractivity contribution in [1.29, 1.82) is 10.5 Å². The number of pyridine rings is 1. The summed E-state index contributed by atoms with van der Waals surface area (Å²) in [6, 6.07) is 132. The van der Waals surface area contributed by atoms with Crippen molar-refractivity contribution in [1.82, 2.24) is 34.9 Å². The lowest BCUT2D eigenvalue weighted by Gasteiger charge is -2.15. The summed E-state index contributed by atoms with van der Waals surface area (Å²) in [5, 5.41) is 24.3. The molecule has 0 amide bonds. The Bertz CT molecular complexity index is 7090. The number of benzene rings is 16. The molecule has 0 saturated heterocycles. The summed E-state index contributed by atoms with van der Waals surface area (Å²) < 4.78 is 0. The predicted molar refractivity (Wildman–Crippen MR) is 460 cm³/mol. The van der Waals surface area contributed by atoms with Gasteiger partial charge in [-0.2, -0.15) is 10.5 Å². The van der Waals surface area contributed by atoms with E-state index >= 15 is 0 Å². The van der Waals surface area contributed by atoms with E-state index in [2.05, 4.69) is 266 Å². The molecule has 2 aliphatic rings. The van der Waals surface area contributed by atoms with Gasteiger partial charge >= 0.3 is 0 Å². The molecule has 114 heavy (non-hydrogen) atoms. The quantitative estimate of drug-likeness (QED) is 0.104. The van der Waals surface area contributed by atoms with E-state index in [-0.39, 0.29) is 0 Å². The molecule has 0 unspecified atom stereocenters. The van der Waals surface area contributed by atoms with Crippen LogP contribution in [0.3, 0.4) is 0 Å². The Labute approximate surface area is 658 Å². The van der Waals surface area contributed by atoms with Gasteiger partial charge in [-0.25, -0.2) is 29.9 Å². The Morgan fingerprint density at radius 3 is 0.737 bits per heavy atom. The predicted octanol–water partition coefficient (Wildman–Crippen LogP) is 26.1. The molecule has 9 heteroatoms. The van der Waals surface area contributed by atoms with Crippen molar-refractivity contribution in [2.24, 2.45) is 0 Å². The number of hydrogen-bond donors (Lipinski definition) is 0. The van der Waals surface area contributed by atoms with Crippen molar-refractivity contribution < 1.29 is 0 Å². The Balaban J connectivity index is 0.556. The number of rotatable bonds is 14. The van der Waals surface area contributed by atoms with Crippen LogP contribution in [-0.2, 0) is 0 Å². The van der Waals surface area contributed by atoms with Crippen LogP contribution in [0.2, 0.25) is 0 Å². The molecule has 0 saturated carbocycles. The van der Waals surface area contributed by atoms with Crippen LogP contribution >= 0.6 is 0 Å². The Morgan fingerprint density at radius 1 is 0.167 bits per heavy atom. The number of hydrogen-bond acceptors (Lipinski definition) is 9. The average molecular weight is 1450 g/mol. The molecular formula is C105H61N9. The van der Waals surface area contributed by atoms with E-state index in [0.29, 0.717) is 46.1 Å². The van der Waals surface area contributed by atoms with Crippen LogP contribution in [0.1, 0.15) is 11.1 Å². The number of nitrogens with zero attached hydrogens (tertiary/aromatic N) is 9. The number of aromatic nitrogens is 7. The maximum absolute atomic E-state index is 9.86. The van der Waals surface area contributed by atoms with Crippen LogP contribution in [0.25, 0.3) is 224 Å². The molecule has 0 spiro atoms. The normalized spacial score (nSPS) is 11.5. The lowest BCUT2D eigenvalue weighted by molar-refractivity contribution is 1.07. The van der Waals surface area contributed by atoms with Gasteiger partial charge in [0.2, 0.25) is 0 Å². The standard InChI is InChI=1S/C105H61N9/c106-62-64-18-22-71(23-19-64)83-52-56-90-87-15-7-8-16-88(87)91-57-53-85(96(83)98(90)91)73-36-30-67(31-37-73)69-34-44-79(45-35-69)103-110-100(76-11-3-1-4-12-76)109-102(113-103)78-42-32-68(33-43-78)66-26-28-70(29-27-66)82-50-51-89-92-58-54-84(72-24-20-65(63-107)21-25-72)97-86(55-59-93(99(92)97)94(89)61-82)74-38-46-80(47-39-74)104-111-101(77-13-5-2-6-14-77)112-105(114-104)81-48-40-75(41-49-81)95-17-9-10-60-108-95/h1-61H. The average Bonchev–Trinajstić information content (AvgIpc) is 1.56. The summed E-state index contributed by atoms with van der Waals surface area (Å²) in [6.45, 7) is 0. The number of fused-ring (bicyclic) bond motifs is 6. The van der Waals surface area contributed by atoms with E-state index in [4.69, 9.17) is 29.9 Å². The first-order valence-corrected chi connectivity index (χ1v) is 38.0. The Hall–Kier alpha value is -15.8. The summed E-state index contributed by atoms with van der Waals surface area (Å²) in [4.78, 5) is 35.1. The Morgan fingerprint density at radius 2 is 0.404 bits per heavy atom. The van der Waals surface area contributed by atoms with Crippen molar-refractivity contribution in [2.75, 3.05) is 0 Å². The molecule has 0 fully saturated rings. The van der Waals surface area contributed by atoms with Crippen LogP contribution in [0.5, 0.6) is 0 Å². The highest BCUT2D eigenvalue weighted by Crippen LogP contribution is 2.55. The molecule has 2 aliphatic carbocycles. The highest BCUT2D eigenvalue weighted by molar-refractivity contribution is 6.24. The topological polar surface area (TPSA) is 138 Å². The molecule has 9 nitrogen and oxygen atoms in total. The van der Waals surface area contributed by atoms with Crippen LogP contribution in [0.15, 0.2) is 370 Å². The van der Waals surface area contributed by atoms with E-state index in [0.717, 1.165) is 128 Å². The van der Waals surface area contributed by atoms with Crippen molar-refractivity contribution >= 4 is 21.5 Å². The summed E-state index contributed by atoms with van der Waals surface area (Å²) in [7, 11) is 0. The zero-order chi connectivity index (χ0) is 75.7. The monoisotopic (exact) mass is 1450 g/mol. The van der Waals surface area contributed by atoms with Gasteiger partial charge in [-0.15, -0.1) is 0 Å². The summed E-state index contributed by atoms with van der Waals surface area (Å²) in [6.07, 6.45) is 1.81. The molecule has 0 radical (unpaired) electrons. The van der Waals surface area contributed by atoms with Gasteiger partial charge < -0.3 is 0 Å². The van der Waals surface area contributed by atoms with Crippen molar-refractivity contribution in [3.63, 3.8) is 0 Å². The maximum atomic E-state index is 9.86. The first kappa shape index (κ1) is 66.4. The van der Waals surface area contributed by atoms with Crippen LogP contribution in [-0.4, -0.2) is 34.9 Å². The minimum absolute atomic E-state index is 0.577. The molecule has 0 aliphatic heterocycles. The van der Waals surface area contributed by atoms with E-state index in [9.17, 15) is 10.5 Å². The molecule has 21 rings (SSSR count). The fourth-order valence-corrected chi connectivity index (χ4v) is 16.6. The third-order valence-corrected chi connectivity index (χ3v) is 22.3. The smallest absolute Gasteiger partial charge is 0.164 e. The zero-order valence-electron chi connectivity index (χ0n) is 61.2. The molecule has 3 heterocycles. The minimum Gasteiger partial charge on any atom is -0.256 e.